The molecule has 0 aliphatic carbocycles. The Balaban J connectivity index is 1.57. The first-order valence-corrected chi connectivity index (χ1v) is 8.92. The first kappa shape index (κ1) is 16.0. The minimum atomic E-state index is -0.142. The average Bonchev–Trinajstić information content (AvgIpc) is 3.18. The summed E-state index contributed by atoms with van der Waals surface area (Å²) in [5.41, 5.74) is 1.65. The molecule has 3 aromatic rings. The standard InChI is InChI=1S/C15H12ClN3O2S2/c1-9-7-10(16)4-5-11(9)17-13(20)8-23-15-19-18-14(21-15)12-3-2-6-22-12/h2-7H,8H2,1H3,(H,17,20). The Hall–Kier alpha value is -1.83. The molecule has 0 saturated carbocycles. The Bertz CT molecular complexity index is 818. The highest BCUT2D eigenvalue weighted by atomic mass is 35.5. The lowest BCUT2D eigenvalue weighted by Gasteiger charge is -2.07. The van der Waals surface area contributed by atoms with Gasteiger partial charge >= 0.3 is 0 Å². The van der Waals surface area contributed by atoms with Crippen LogP contribution in [0.2, 0.25) is 5.02 Å². The van der Waals surface area contributed by atoms with Gasteiger partial charge in [-0.15, -0.1) is 21.5 Å². The van der Waals surface area contributed by atoms with Crippen LogP contribution in [0, 0.1) is 6.92 Å². The zero-order valence-corrected chi connectivity index (χ0v) is 14.5. The molecule has 0 saturated heterocycles. The second-order valence-corrected chi connectivity index (χ2v) is 6.96. The summed E-state index contributed by atoms with van der Waals surface area (Å²) in [7, 11) is 0. The maximum atomic E-state index is 12.0. The fraction of sp³-hybridized carbons (Fsp3) is 0.133. The maximum absolute atomic E-state index is 12.0. The molecule has 23 heavy (non-hydrogen) atoms. The molecule has 3 rings (SSSR count). The molecule has 2 heterocycles. The van der Waals surface area contributed by atoms with Crippen LogP contribution in [-0.2, 0) is 4.79 Å². The van der Waals surface area contributed by atoms with Gasteiger partial charge in [-0.1, -0.05) is 29.4 Å². The molecule has 0 spiro atoms. The third-order valence-corrected chi connectivity index (χ3v) is 4.84. The van der Waals surface area contributed by atoms with Gasteiger partial charge in [-0.2, -0.15) is 0 Å². The molecule has 1 amide bonds. The Labute approximate surface area is 146 Å². The molecule has 5 nitrogen and oxygen atoms in total. The highest BCUT2D eigenvalue weighted by Crippen LogP contribution is 2.26. The number of thioether (sulfide) groups is 1. The highest BCUT2D eigenvalue weighted by molar-refractivity contribution is 7.99. The first-order valence-electron chi connectivity index (χ1n) is 6.68. The molecule has 118 valence electrons. The summed E-state index contributed by atoms with van der Waals surface area (Å²) in [6, 6.07) is 9.14. The van der Waals surface area contributed by atoms with Gasteiger partial charge in [0.25, 0.3) is 11.1 Å². The molecule has 0 atom stereocenters. The molecule has 1 aromatic carbocycles. The maximum Gasteiger partial charge on any atom is 0.277 e. The van der Waals surface area contributed by atoms with E-state index < -0.39 is 0 Å². The van der Waals surface area contributed by atoms with Crippen LogP contribution in [-0.4, -0.2) is 21.9 Å². The summed E-state index contributed by atoms with van der Waals surface area (Å²) in [6.07, 6.45) is 0. The van der Waals surface area contributed by atoms with E-state index in [1.165, 1.54) is 23.1 Å². The molecular formula is C15H12ClN3O2S2. The zero-order valence-electron chi connectivity index (χ0n) is 12.1. The number of aryl methyl sites for hydroxylation is 1. The monoisotopic (exact) mass is 365 g/mol. The minimum absolute atomic E-state index is 0.142. The summed E-state index contributed by atoms with van der Waals surface area (Å²) >= 11 is 8.62. The van der Waals surface area contributed by atoms with Crippen LogP contribution in [0.25, 0.3) is 10.8 Å². The number of anilines is 1. The van der Waals surface area contributed by atoms with Crippen molar-refractivity contribution in [2.24, 2.45) is 0 Å². The van der Waals surface area contributed by atoms with Gasteiger partial charge in [0, 0.05) is 10.7 Å². The lowest BCUT2D eigenvalue weighted by molar-refractivity contribution is -0.113. The molecule has 2 aromatic heterocycles. The number of aromatic nitrogens is 2. The van der Waals surface area contributed by atoms with Crippen LogP contribution < -0.4 is 5.32 Å². The van der Waals surface area contributed by atoms with Crippen molar-refractivity contribution in [3.8, 4) is 10.8 Å². The van der Waals surface area contributed by atoms with E-state index in [4.69, 9.17) is 16.0 Å². The van der Waals surface area contributed by atoms with E-state index in [2.05, 4.69) is 15.5 Å². The number of carbonyl (C=O) groups excluding carboxylic acids is 1. The Morgan fingerprint density at radius 3 is 3.00 bits per heavy atom. The van der Waals surface area contributed by atoms with E-state index in [0.29, 0.717) is 16.1 Å². The van der Waals surface area contributed by atoms with Crippen molar-refractivity contribution in [1.29, 1.82) is 0 Å². The molecule has 0 bridgehead atoms. The normalized spacial score (nSPS) is 10.7. The van der Waals surface area contributed by atoms with Gasteiger partial charge in [-0.05, 0) is 42.1 Å². The van der Waals surface area contributed by atoms with E-state index >= 15 is 0 Å². The van der Waals surface area contributed by atoms with Crippen LogP contribution in [0.15, 0.2) is 45.4 Å². The fourth-order valence-corrected chi connectivity index (χ4v) is 3.28. The Morgan fingerprint density at radius 2 is 2.26 bits per heavy atom. The van der Waals surface area contributed by atoms with Crippen LogP contribution >= 0.6 is 34.7 Å². The van der Waals surface area contributed by atoms with E-state index in [-0.39, 0.29) is 11.7 Å². The molecular weight excluding hydrogens is 354 g/mol. The molecule has 0 radical (unpaired) electrons. The van der Waals surface area contributed by atoms with Crippen molar-refractivity contribution >= 4 is 46.3 Å². The van der Waals surface area contributed by atoms with Crippen LogP contribution in [0.5, 0.6) is 0 Å². The van der Waals surface area contributed by atoms with E-state index in [0.717, 1.165) is 16.1 Å². The highest BCUT2D eigenvalue weighted by Gasteiger charge is 2.12. The second-order valence-electron chi connectivity index (χ2n) is 4.65. The number of nitrogens with zero attached hydrogens (tertiary/aromatic N) is 2. The van der Waals surface area contributed by atoms with Crippen molar-refractivity contribution in [3.63, 3.8) is 0 Å². The van der Waals surface area contributed by atoms with E-state index in [1.54, 1.807) is 18.2 Å². The van der Waals surface area contributed by atoms with E-state index in [1.807, 2.05) is 24.4 Å². The summed E-state index contributed by atoms with van der Waals surface area (Å²) in [5, 5.41) is 13.7. The Kier molecular flexibility index (Phi) is 5.00. The molecule has 0 fully saturated rings. The average molecular weight is 366 g/mol. The molecule has 1 N–H and O–H groups in total. The van der Waals surface area contributed by atoms with E-state index in [9.17, 15) is 4.79 Å². The van der Waals surface area contributed by atoms with Crippen molar-refractivity contribution in [2.45, 2.75) is 12.1 Å². The smallest absolute Gasteiger partial charge is 0.277 e. The lowest BCUT2D eigenvalue weighted by atomic mass is 10.2. The fourth-order valence-electron chi connectivity index (χ4n) is 1.85. The number of nitrogens with one attached hydrogen (secondary N) is 1. The molecule has 0 aliphatic rings. The predicted octanol–water partition coefficient (Wildman–Crippen LogP) is 4.49. The number of hydrogen-bond acceptors (Lipinski definition) is 6. The number of benzene rings is 1. The van der Waals surface area contributed by atoms with Crippen molar-refractivity contribution < 1.29 is 9.21 Å². The quantitative estimate of drug-likeness (QED) is 0.674. The third-order valence-electron chi connectivity index (χ3n) is 2.93. The van der Waals surface area contributed by atoms with Crippen molar-refractivity contribution in [3.05, 3.63) is 46.3 Å². The van der Waals surface area contributed by atoms with Crippen molar-refractivity contribution in [2.75, 3.05) is 11.1 Å². The Morgan fingerprint density at radius 1 is 1.39 bits per heavy atom. The largest absolute Gasteiger partial charge is 0.410 e. The zero-order chi connectivity index (χ0) is 16.2. The molecule has 8 heteroatoms. The minimum Gasteiger partial charge on any atom is -0.410 e. The molecule has 0 unspecified atom stereocenters. The number of carbonyl (C=O) groups is 1. The number of thiophene rings is 1. The predicted molar refractivity (Wildman–Crippen MR) is 93.2 cm³/mol. The SMILES string of the molecule is Cc1cc(Cl)ccc1NC(=O)CSc1nnc(-c2cccs2)o1. The van der Waals surface area contributed by atoms with Gasteiger partial charge in [0.15, 0.2) is 0 Å². The van der Waals surface area contributed by atoms with Gasteiger partial charge in [0.05, 0.1) is 10.6 Å². The lowest BCUT2D eigenvalue weighted by Crippen LogP contribution is -2.14. The topological polar surface area (TPSA) is 68.0 Å². The summed E-state index contributed by atoms with van der Waals surface area (Å²) in [4.78, 5) is 12.9. The van der Waals surface area contributed by atoms with Crippen molar-refractivity contribution in [1.82, 2.24) is 10.2 Å². The van der Waals surface area contributed by atoms with Gasteiger partial charge < -0.3 is 9.73 Å². The van der Waals surface area contributed by atoms with Crippen LogP contribution in [0.1, 0.15) is 5.56 Å². The number of halogens is 1. The molecule has 0 aliphatic heterocycles. The van der Waals surface area contributed by atoms with Crippen LogP contribution in [0.3, 0.4) is 0 Å². The second kappa shape index (κ2) is 7.16. The number of amides is 1. The number of hydrogen-bond donors (Lipinski definition) is 1. The summed E-state index contributed by atoms with van der Waals surface area (Å²) in [5.74, 6) is 0.515. The summed E-state index contributed by atoms with van der Waals surface area (Å²) in [6.45, 7) is 1.89. The number of rotatable bonds is 5. The summed E-state index contributed by atoms with van der Waals surface area (Å²) < 4.78 is 5.52. The third kappa shape index (κ3) is 4.13. The van der Waals surface area contributed by atoms with Gasteiger partial charge in [-0.25, -0.2) is 0 Å². The van der Waals surface area contributed by atoms with Gasteiger partial charge in [0.2, 0.25) is 5.91 Å². The van der Waals surface area contributed by atoms with Gasteiger partial charge in [-0.3, -0.25) is 4.79 Å². The first-order chi connectivity index (χ1) is 11.1. The van der Waals surface area contributed by atoms with Crippen LogP contribution in [0.4, 0.5) is 5.69 Å². The van der Waals surface area contributed by atoms with Gasteiger partial charge in [0.1, 0.15) is 0 Å².